The number of hydrogen-bond donors (Lipinski definition) is 1. The zero-order valence-electron chi connectivity index (χ0n) is 20.1. The molecule has 0 saturated carbocycles. The highest BCUT2D eigenvalue weighted by molar-refractivity contribution is 5.53. The number of aromatic nitrogens is 2. The fourth-order valence-corrected chi connectivity index (χ4v) is 5.25. The molecule has 0 bridgehead atoms. The molecular formula is C28H35N5O. The van der Waals surface area contributed by atoms with Gasteiger partial charge in [-0.05, 0) is 92.7 Å². The lowest BCUT2D eigenvalue weighted by Crippen LogP contribution is -2.37. The molecule has 0 amide bonds. The van der Waals surface area contributed by atoms with E-state index in [1.165, 1.54) is 49.0 Å². The number of nitrogens with two attached hydrogens (primary N) is 1. The van der Waals surface area contributed by atoms with Crippen molar-refractivity contribution < 1.29 is 4.74 Å². The average molecular weight is 458 g/mol. The summed E-state index contributed by atoms with van der Waals surface area (Å²) in [4.78, 5) is 13.9. The molecular weight excluding hydrogens is 422 g/mol. The summed E-state index contributed by atoms with van der Waals surface area (Å²) in [6, 6.07) is 17.2. The molecule has 1 fully saturated rings. The van der Waals surface area contributed by atoms with Gasteiger partial charge in [0.1, 0.15) is 24.0 Å². The second-order valence-electron chi connectivity index (χ2n) is 9.48. The summed E-state index contributed by atoms with van der Waals surface area (Å²) in [5.41, 5.74) is 10.9. The van der Waals surface area contributed by atoms with Gasteiger partial charge >= 0.3 is 0 Å². The molecule has 1 unspecified atom stereocenters. The van der Waals surface area contributed by atoms with Crippen LogP contribution in [-0.2, 0) is 12.8 Å². The van der Waals surface area contributed by atoms with Crippen LogP contribution in [0.25, 0.3) is 0 Å². The van der Waals surface area contributed by atoms with Crippen LogP contribution in [0.1, 0.15) is 47.8 Å². The third-order valence-corrected chi connectivity index (χ3v) is 7.06. The van der Waals surface area contributed by atoms with Crippen LogP contribution in [-0.4, -0.2) is 47.7 Å². The summed E-state index contributed by atoms with van der Waals surface area (Å²) in [6.45, 7) is 7.03. The summed E-state index contributed by atoms with van der Waals surface area (Å²) in [5, 5.41) is 0. The van der Waals surface area contributed by atoms with Gasteiger partial charge in [0, 0.05) is 25.0 Å². The Morgan fingerprint density at radius 1 is 1.00 bits per heavy atom. The van der Waals surface area contributed by atoms with Crippen LogP contribution in [0, 0.1) is 6.92 Å². The summed E-state index contributed by atoms with van der Waals surface area (Å²) in [5.74, 6) is 2.73. The van der Waals surface area contributed by atoms with Gasteiger partial charge in [-0.3, -0.25) is 4.90 Å². The van der Waals surface area contributed by atoms with Crippen molar-refractivity contribution in [1.29, 1.82) is 0 Å². The molecule has 0 radical (unpaired) electrons. The molecule has 3 aromatic rings. The van der Waals surface area contributed by atoms with Gasteiger partial charge in [-0.2, -0.15) is 0 Å². The van der Waals surface area contributed by atoms with Crippen molar-refractivity contribution in [2.24, 2.45) is 0 Å². The van der Waals surface area contributed by atoms with E-state index in [2.05, 4.69) is 51.2 Å². The van der Waals surface area contributed by atoms with Gasteiger partial charge in [-0.15, -0.1) is 0 Å². The highest BCUT2D eigenvalue weighted by Gasteiger charge is 2.29. The quantitative estimate of drug-likeness (QED) is 0.524. The molecule has 2 aromatic carbocycles. The number of piperidine rings is 1. The van der Waals surface area contributed by atoms with E-state index < -0.39 is 0 Å². The highest BCUT2D eigenvalue weighted by Crippen LogP contribution is 2.36. The third-order valence-electron chi connectivity index (χ3n) is 7.06. The van der Waals surface area contributed by atoms with Crippen LogP contribution in [0.2, 0.25) is 0 Å². The summed E-state index contributed by atoms with van der Waals surface area (Å²) >= 11 is 0. The van der Waals surface area contributed by atoms with Gasteiger partial charge in [-0.25, -0.2) is 9.97 Å². The number of aryl methyl sites for hydroxylation is 1. The number of benzene rings is 2. The van der Waals surface area contributed by atoms with Gasteiger partial charge < -0.3 is 15.4 Å². The van der Waals surface area contributed by atoms with Crippen LogP contribution in [0.5, 0.6) is 5.75 Å². The zero-order chi connectivity index (χ0) is 23.3. The zero-order valence-corrected chi connectivity index (χ0v) is 20.1. The number of ether oxygens (including phenoxy) is 1. The predicted octanol–water partition coefficient (Wildman–Crippen LogP) is 4.58. The number of fused-ring (bicyclic) bond motifs is 1. The van der Waals surface area contributed by atoms with E-state index in [9.17, 15) is 0 Å². The number of nitrogen functional groups attached to an aromatic ring is 1. The minimum atomic E-state index is 0.199. The Morgan fingerprint density at radius 2 is 1.82 bits per heavy atom. The standard InChI is InChI=1S/C28H35N5O/c1-21-30-13-11-28(31-21)33-16-12-23-20-24(29)7-10-26(23)27(33)19-22-5-8-25(9-6-22)34-18-17-32-14-3-2-4-15-32/h5-11,13,20,27H,2-4,12,14-19,29H2,1H3. The van der Waals surface area contributed by atoms with Crippen molar-refractivity contribution in [3.8, 4) is 5.75 Å². The molecule has 3 heterocycles. The monoisotopic (exact) mass is 457 g/mol. The molecule has 1 saturated heterocycles. The second-order valence-corrected chi connectivity index (χ2v) is 9.48. The minimum Gasteiger partial charge on any atom is -0.492 e. The van der Waals surface area contributed by atoms with E-state index in [4.69, 9.17) is 15.5 Å². The molecule has 6 nitrogen and oxygen atoms in total. The first-order chi connectivity index (χ1) is 16.7. The second kappa shape index (κ2) is 10.4. The van der Waals surface area contributed by atoms with Crippen molar-refractivity contribution in [1.82, 2.24) is 14.9 Å². The fourth-order valence-electron chi connectivity index (χ4n) is 5.25. The maximum Gasteiger partial charge on any atom is 0.132 e. The maximum atomic E-state index is 6.10. The van der Waals surface area contributed by atoms with E-state index in [0.29, 0.717) is 0 Å². The molecule has 34 heavy (non-hydrogen) atoms. The smallest absolute Gasteiger partial charge is 0.132 e. The van der Waals surface area contributed by atoms with Crippen molar-refractivity contribution in [2.75, 3.05) is 43.4 Å². The van der Waals surface area contributed by atoms with Gasteiger partial charge in [0.2, 0.25) is 0 Å². The van der Waals surface area contributed by atoms with E-state index >= 15 is 0 Å². The molecule has 1 atom stereocenters. The van der Waals surface area contributed by atoms with E-state index in [0.717, 1.165) is 55.6 Å². The Bertz CT molecular complexity index is 1090. The molecule has 6 heteroatoms. The summed E-state index contributed by atoms with van der Waals surface area (Å²) in [6.07, 6.45) is 7.71. The van der Waals surface area contributed by atoms with E-state index in [1.54, 1.807) is 0 Å². The lowest BCUT2D eigenvalue weighted by Gasteiger charge is -2.38. The Morgan fingerprint density at radius 3 is 2.62 bits per heavy atom. The average Bonchev–Trinajstić information content (AvgIpc) is 2.86. The first-order valence-corrected chi connectivity index (χ1v) is 12.5. The SMILES string of the molecule is Cc1nccc(N2CCc3cc(N)ccc3C2Cc2ccc(OCCN3CCCCC3)cc2)n1. The van der Waals surface area contributed by atoms with Crippen LogP contribution in [0.15, 0.2) is 54.7 Å². The number of nitrogens with zero attached hydrogens (tertiary/aromatic N) is 4. The van der Waals surface area contributed by atoms with Crippen LogP contribution in [0.3, 0.4) is 0 Å². The number of likely N-dealkylation sites (tertiary alicyclic amines) is 1. The topological polar surface area (TPSA) is 67.5 Å². The van der Waals surface area contributed by atoms with E-state index in [-0.39, 0.29) is 6.04 Å². The Kier molecular flexibility index (Phi) is 6.95. The third kappa shape index (κ3) is 5.33. The molecule has 1 aromatic heterocycles. The van der Waals surface area contributed by atoms with Gasteiger partial charge in [0.15, 0.2) is 0 Å². The molecule has 0 spiro atoms. The lowest BCUT2D eigenvalue weighted by molar-refractivity contribution is 0.183. The highest BCUT2D eigenvalue weighted by atomic mass is 16.5. The molecule has 0 aliphatic carbocycles. The fraction of sp³-hybridized carbons (Fsp3) is 0.429. The molecule has 2 N–H and O–H groups in total. The van der Waals surface area contributed by atoms with Crippen LogP contribution in [0.4, 0.5) is 11.5 Å². The predicted molar refractivity (Wildman–Crippen MR) is 137 cm³/mol. The minimum absolute atomic E-state index is 0.199. The van der Waals surface area contributed by atoms with Crippen LogP contribution >= 0.6 is 0 Å². The normalized spacial score (nSPS) is 18.5. The molecule has 178 valence electrons. The molecule has 2 aliphatic rings. The van der Waals surface area contributed by atoms with Gasteiger partial charge in [0.25, 0.3) is 0 Å². The molecule has 5 rings (SSSR count). The number of anilines is 2. The Hall–Kier alpha value is -3.12. The summed E-state index contributed by atoms with van der Waals surface area (Å²) in [7, 11) is 0. The largest absolute Gasteiger partial charge is 0.492 e. The first kappa shape index (κ1) is 22.7. The van der Waals surface area contributed by atoms with Crippen molar-refractivity contribution in [3.05, 3.63) is 77.2 Å². The molecule has 2 aliphatic heterocycles. The van der Waals surface area contributed by atoms with Crippen molar-refractivity contribution in [2.45, 2.75) is 45.1 Å². The van der Waals surface area contributed by atoms with Crippen molar-refractivity contribution in [3.63, 3.8) is 0 Å². The lowest BCUT2D eigenvalue weighted by atomic mass is 9.88. The maximum absolute atomic E-state index is 6.10. The van der Waals surface area contributed by atoms with E-state index in [1.807, 2.05) is 25.3 Å². The Balaban J connectivity index is 1.30. The number of hydrogen-bond acceptors (Lipinski definition) is 6. The van der Waals surface area contributed by atoms with Crippen molar-refractivity contribution >= 4 is 11.5 Å². The van der Waals surface area contributed by atoms with Gasteiger partial charge in [-0.1, -0.05) is 24.6 Å². The first-order valence-electron chi connectivity index (χ1n) is 12.5. The Labute approximate surface area is 202 Å². The summed E-state index contributed by atoms with van der Waals surface area (Å²) < 4.78 is 6.04. The van der Waals surface area contributed by atoms with Crippen LogP contribution < -0.4 is 15.4 Å². The number of rotatable bonds is 7. The van der Waals surface area contributed by atoms with Gasteiger partial charge in [0.05, 0.1) is 6.04 Å².